The molecule has 0 aliphatic carbocycles. The number of nitrogens with zero attached hydrogens (tertiary/aromatic N) is 1. The lowest BCUT2D eigenvalue weighted by atomic mass is 10.0. The van der Waals surface area contributed by atoms with Gasteiger partial charge in [0.1, 0.15) is 0 Å². The molecule has 0 spiro atoms. The molecular formula is C14H20N2O3. The van der Waals surface area contributed by atoms with Crippen molar-refractivity contribution in [2.75, 3.05) is 6.54 Å². The molecule has 0 aromatic carbocycles. The number of carboxylic acid groups (broad SMARTS) is 1. The van der Waals surface area contributed by atoms with Crippen molar-refractivity contribution in [3.05, 3.63) is 30.1 Å². The first kappa shape index (κ1) is 15.1. The summed E-state index contributed by atoms with van der Waals surface area (Å²) in [7, 11) is 0. The van der Waals surface area contributed by atoms with Crippen LogP contribution in [-0.2, 0) is 16.0 Å². The van der Waals surface area contributed by atoms with Gasteiger partial charge in [0.2, 0.25) is 5.91 Å². The van der Waals surface area contributed by atoms with Gasteiger partial charge in [0.05, 0.1) is 5.92 Å². The van der Waals surface area contributed by atoms with Gasteiger partial charge in [-0.25, -0.2) is 0 Å². The number of aromatic nitrogens is 1. The Kier molecular flexibility index (Phi) is 6.57. The van der Waals surface area contributed by atoms with Gasteiger partial charge in [-0.3, -0.25) is 14.6 Å². The second kappa shape index (κ2) is 8.24. The van der Waals surface area contributed by atoms with Gasteiger partial charge < -0.3 is 10.4 Å². The van der Waals surface area contributed by atoms with E-state index in [0.717, 1.165) is 12.1 Å². The molecule has 5 nitrogen and oxygen atoms in total. The molecule has 1 unspecified atom stereocenters. The summed E-state index contributed by atoms with van der Waals surface area (Å²) < 4.78 is 0. The number of carbonyl (C=O) groups excluding carboxylic acids is 1. The summed E-state index contributed by atoms with van der Waals surface area (Å²) in [6, 6.07) is 5.57. The average Bonchev–Trinajstić information content (AvgIpc) is 2.42. The number of rotatable bonds is 8. The van der Waals surface area contributed by atoms with Crippen LogP contribution >= 0.6 is 0 Å². The van der Waals surface area contributed by atoms with E-state index < -0.39 is 11.9 Å². The van der Waals surface area contributed by atoms with Crippen molar-refractivity contribution >= 4 is 11.9 Å². The number of hydrogen-bond donors (Lipinski definition) is 2. The van der Waals surface area contributed by atoms with E-state index in [1.54, 1.807) is 6.20 Å². The normalized spacial score (nSPS) is 11.8. The Morgan fingerprint density at radius 1 is 1.42 bits per heavy atom. The minimum Gasteiger partial charge on any atom is -0.481 e. The fourth-order valence-corrected chi connectivity index (χ4v) is 1.77. The Morgan fingerprint density at radius 2 is 2.21 bits per heavy atom. The molecule has 1 amide bonds. The molecule has 0 aliphatic rings. The van der Waals surface area contributed by atoms with E-state index in [2.05, 4.69) is 10.3 Å². The van der Waals surface area contributed by atoms with Crippen molar-refractivity contribution in [1.29, 1.82) is 0 Å². The Labute approximate surface area is 113 Å². The van der Waals surface area contributed by atoms with E-state index in [0.29, 0.717) is 19.3 Å². The lowest BCUT2D eigenvalue weighted by molar-refractivity contribution is -0.141. The molecule has 0 fully saturated rings. The summed E-state index contributed by atoms with van der Waals surface area (Å²) in [5.74, 6) is -1.48. The molecule has 0 bridgehead atoms. The number of aryl methyl sites for hydroxylation is 1. The van der Waals surface area contributed by atoms with Crippen LogP contribution in [0.2, 0.25) is 0 Å². The predicted molar refractivity (Wildman–Crippen MR) is 71.6 cm³/mol. The molecule has 0 saturated carbocycles. The van der Waals surface area contributed by atoms with Crippen LogP contribution < -0.4 is 5.32 Å². The van der Waals surface area contributed by atoms with Gasteiger partial charge in [-0.2, -0.15) is 0 Å². The minimum absolute atomic E-state index is 0.131. The van der Waals surface area contributed by atoms with Crippen LogP contribution in [0.5, 0.6) is 0 Å². The van der Waals surface area contributed by atoms with Gasteiger partial charge in [0, 0.05) is 24.9 Å². The van der Waals surface area contributed by atoms with Crippen molar-refractivity contribution in [3.63, 3.8) is 0 Å². The lowest BCUT2D eigenvalue weighted by Crippen LogP contribution is -2.33. The maximum Gasteiger partial charge on any atom is 0.308 e. The fourth-order valence-electron chi connectivity index (χ4n) is 1.77. The first-order valence-electron chi connectivity index (χ1n) is 6.53. The fraction of sp³-hybridized carbons (Fsp3) is 0.500. The zero-order valence-corrected chi connectivity index (χ0v) is 11.1. The number of carbonyl (C=O) groups is 2. The molecule has 0 saturated heterocycles. The van der Waals surface area contributed by atoms with Crippen molar-refractivity contribution in [3.8, 4) is 0 Å². The first-order valence-corrected chi connectivity index (χ1v) is 6.53. The quantitative estimate of drug-likeness (QED) is 0.748. The number of pyridine rings is 1. The summed E-state index contributed by atoms with van der Waals surface area (Å²) >= 11 is 0. The molecule has 0 aliphatic heterocycles. The highest BCUT2D eigenvalue weighted by Crippen LogP contribution is 2.05. The van der Waals surface area contributed by atoms with Crippen LogP contribution in [0.25, 0.3) is 0 Å². The number of aliphatic carboxylic acids is 1. The van der Waals surface area contributed by atoms with Crippen molar-refractivity contribution < 1.29 is 14.7 Å². The molecule has 104 valence electrons. The van der Waals surface area contributed by atoms with E-state index in [9.17, 15) is 9.59 Å². The number of nitrogens with one attached hydrogen (secondary N) is 1. The second-order valence-corrected chi connectivity index (χ2v) is 4.45. The smallest absolute Gasteiger partial charge is 0.308 e. The van der Waals surface area contributed by atoms with Gasteiger partial charge in [0.25, 0.3) is 0 Å². The highest BCUT2D eigenvalue weighted by atomic mass is 16.4. The highest BCUT2D eigenvalue weighted by molar-refractivity contribution is 5.77. The van der Waals surface area contributed by atoms with Crippen LogP contribution in [0.15, 0.2) is 24.4 Å². The molecular weight excluding hydrogens is 244 g/mol. The summed E-state index contributed by atoms with van der Waals surface area (Å²) in [5, 5.41) is 11.6. The predicted octanol–water partition coefficient (Wildman–Crippen LogP) is 1.63. The van der Waals surface area contributed by atoms with E-state index >= 15 is 0 Å². The molecule has 1 heterocycles. The molecule has 19 heavy (non-hydrogen) atoms. The Bertz CT molecular complexity index is 406. The monoisotopic (exact) mass is 264 g/mol. The van der Waals surface area contributed by atoms with Crippen LogP contribution in [-0.4, -0.2) is 28.5 Å². The Hall–Kier alpha value is -1.91. The Morgan fingerprint density at radius 3 is 2.79 bits per heavy atom. The van der Waals surface area contributed by atoms with Gasteiger partial charge in [-0.05, 0) is 25.0 Å². The van der Waals surface area contributed by atoms with Gasteiger partial charge in [-0.15, -0.1) is 0 Å². The number of hydrogen-bond acceptors (Lipinski definition) is 3. The summed E-state index contributed by atoms with van der Waals surface area (Å²) in [4.78, 5) is 26.7. The number of carboxylic acids is 1. The molecule has 1 atom stereocenters. The van der Waals surface area contributed by atoms with E-state index in [1.807, 2.05) is 25.1 Å². The standard InChI is InChI=1S/C14H20N2O3/c1-2-5-11(14(18)19)10-16-13(17)8-7-12-6-3-4-9-15-12/h3-4,6,9,11H,2,5,7-8,10H2,1H3,(H,16,17)(H,18,19). The maximum absolute atomic E-state index is 11.6. The van der Waals surface area contributed by atoms with Crippen molar-refractivity contribution in [2.24, 2.45) is 5.92 Å². The summed E-state index contributed by atoms with van der Waals surface area (Å²) in [6.07, 6.45) is 3.96. The highest BCUT2D eigenvalue weighted by Gasteiger charge is 2.16. The van der Waals surface area contributed by atoms with Gasteiger partial charge in [-0.1, -0.05) is 19.4 Å². The van der Waals surface area contributed by atoms with E-state index in [1.165, 1.54) is 0 Å². The molecule has 2 N–H and O–H groups in total. The molecule has 5 heteroatoms. The van der Waals surface area contributed by atoms with Crippen LogP contribution in [0.4, 0.5) is 0 Å². The van der Waals surface area contributed by atoms with Crippen molar-refractivity contribution in [1.82, 2.24) is 10.3 Å². The maximum atomic E-state index is 11.6. The molecule has 0 radical (unpaired) electrons. The largest absolute Gasteiger partial charge is 0.481 e. The minimum atomic E-state index is -0.855. The topological polar surface area (TPSA) is 79.3 Å². The third-order valence-corrected chi connectivity index (χ3v) is 2.87. The van der Waals surface area contributed by atoms with Crippen LogP contribution in [0, 0.1) is 5.92 Å². The zero-order chi connectivity index (χ0) is 14.1. The SMILES string of the molecule is CCCC(CNC(=O)CCc1ccccn1)C(=O)O. The second-order valence-electron chi connectivity index (χ2n) is 4.45. The molecule has 1 rings (SSSR count). The lowest BCUT2D eigenvalue weighted by Gasteiger charge is -2.12. The van der Waals surface area contributed by atoms with Crippen molar-refractivity contribution in [2.45, 2.75) is 32.6 Å². The third kappa shape index (κ3) is 5.99. The van der Waals surface area contributed by atoms with Crippen LogP contribution in [0.1, 0.15) is 31.9 Å². The average molecular weight is 264 g/mol. The number of amides is 1. The zero-order valence-electron chi connectivity index (χ0n) is 11.1. The van der Waals surface area contributed by atoms with Gasteiger partial charge in [0.15, 0.2) is 0 Å². The molecule has 1 aromatic rings. The summed E-state index contributed by atoms with van der Waals surface area (Å²) in [6.45, 7) is 2.13. The summed E-state index contributed by atoms with van der Waals surface area (Å²) in [5.41, 5.74) is 0.862. The third-order valence-electron chi connectivity index (χ3n) is 2.87. The first-order chi connectivity index (χ1) is 9.13. The Balaban J connectivity index is 2.29. The van der Waals surface area contributed by atoms with Gasteiger partial charge >= 0.3 is 5.97 Å². The van der Waals surface area contributed by atoms with E-state index in [-0.39, 0.29) is 12.5 Å². The molecule has 1 aromatic heterocycles. The van der Waals surface area contributed by atoms with E-state index in [4.69, 9.17) is 5.11 Å². The van der Waals surface area contributed by atoms with Crippen LogP contribution in [0.3, 0.4) is 0 Å².